The number of halogens is 1. The van der Waals surface area contributed by atoms with E-state index in [0.29, 0.717) is 6.42 Å². The van der Waals surface area contributed by atoms with Crippen LogP contribution in [0.3, 0.4) is 0 Å². The smallest absolute Gasteiger partial charge is 0.149 e. The molecule has 3 rings (SSSR count). The van der Waals surface area contributed by atoms with Crippen LogP contribution in [-0.4, -0.2) is 10.4 Å². The Hall–Kier alpha value is -2.06. The molecule has 3 aromatic carbocycles. The predicted octanol–water partition coefficient (Wildman–Crippen LogP) is 4.56. The summed E-state index contributed by atoms with van der Waals surface area (Å²) in [6, 6.07) is 18.6. The number of benzene rings is 3. The summed E-state index contributed by atoms with van der Waals surface area (Å²) in [5.74, 6) is 0. The normalized spacial score (nSPS) is 12.2. The topological polar surface area (TPSA) is 32.6 Å². The number of hydrogen-bond donors (Lipinski definition) is 1. The summed E-state index contributed by atoms with van der Waals surface area (Å²) in [7, 11) is 0. The van der Waals surface area contributed by atoms with E-state index in [2.05, 4.69) is 35.5 Å². The molecule has 0 fully saturated rings. The number of rotatable bonds is 2. The maximum absolute atomic E-state index is 8.74. The molecule has 19 heavy (non-hydrogen) atoms. The van der Waals surface area contributed by atoms with Gasteiger partial charge in [-0.2, -0.15) is 0 Å². The third kappa shape index (κ3) is 2.15. The lowest BCUT2D eigenvalue weighted by Gasteiger charge is -2.09. The minimum absolute atomic E-state index is 0.195. The fourth-order valence-corrected chi connectivity index (χ4v) is 2.61. The Balaban J connectivity index is 2.35. The van der Waals surface area contributed by atoms with E-state index in [-0.39, 0.29) is 5.17 Å². The van der Waals surface area contributed by atoms with Crippen LogP contribution >= 0.6 is 11.6 Å². The van der Waals surface area contributed by atoms with Crippen molar-refractivity contribution >= 4 is 38.3 Å². The van der Waals surface area contributed by atoms with Gasteiger partial charge in [0, 0.05) is 6.42 Å². The van der Waals surface area contributed by atoms with Crippen LogP contribution < -0.4 is 0 Å². The van der Waals surface area contributed by atoms with Crippen molar-refractivity contribution in [3.63, 3.8) is 0 Å². The van der Waals surface area contributed by atoms with Crippen molar-refractivity contribution in [2.75, 3.05) is 0 Å². The van der Waals surface area contributed by atoms with Crippen molar-refractivity contribution in [2.45, 2.75) is 6.42 Å². The van der Waals surface area contributed by atoms with Crippen molar-refractivity contribution in [3.8, 4) is 0 Å². The van der Waals surface area contributed by atoms with Crippen molar-refractivity contribution in [1.29, 1.82) is 0 Å². The van der Waals surface area contributed by atoms with E-state index < -0.39 is 0 Å². The van der Waals surface area contributed by atoms with E-state index in [1.54, 1.807) is 0 Å². The zero-order valence-electron chi connectivity index (χ0n) is 10.2. The average molecular weight is 270 g/mol. The molecule has 0 amide bonds. The quantitative estimate of drug-likeness (QED) is 0.314. The highest BCUT2D eigenvalue weighted by Crippen LogP contribution is 2.29. The lowest BCUT2D eigenvalue weighted by Crippen LogP contribution is -1.96. The van der Waals surface area contributed by atoms with E-state index in [1.165, 1.54) is 16.2 Å². The van der Waals surface area contributed by atoms with Crippen molar-refractivity contribution in [1.82, 2.24) is 0 Å². The predicted molar refractivity (Wildman–Crippen MR) is 80.2 cm³/mol. The van der Waals surface area contributed by atoms with Crippen LogP contribution in [0, 0.1) is 0 Å². The molecule has 0 spiro atoms. The summed E-state index contributed by atoms with van der Waals surface area (Å²) >= 11 is 5.85. The highest BCUT2D eigenvalue weighted by atomic mass is 35.5. The molecule has 2 nitrogen and oxygen atoms in total. The Morgan fingerprint density at radius 1 is 0.947 bits per heavy atom. The fourth-order valence-electron chi connectivity index (χ4n) is 2.47. The standard InChI is InChI=1S/C16H12ClNO/c17-16(18-19)10-12-9-11-5-1-2-6-13(11)15-8-4-3-7-14(12)15/h1-9,19H,10H2/b18-16-. The van der Waals surface area contributed by atoms with E-state index in [1.807, 2.05) is 24.3 Å². The molecule has 0 aliphatic carbocycles. The van der Waals surface area contributed by atoms with E-state index in [0.717, 1.165) is 10.9 Å². The Morgan fingerprint density at radius 2 is 1.58 bits per heavy atom. The molecular weight excluding hydrogens is 258 g/mol. The van der Waals surface area contributed by atoms with Crippen molar-refractivity contribution < 1.29 is 5.21 Å². The second-order valence-corrected chi connectivity index (χ2v) is 4.89. The number of fused-ring (bicyclic) bond motifs is 3. The Labute approximate surface area is 115 Å². The summed E-state index contributed by atoms with van der Waals surface area (Å²) in [5, 5.41) is 16.7. The third-order valence-corrected chi connectivity index (χ3v) is 3.51. The molecule has 3 heteroatoms. The van der Waals surface area contributed by atoms with Crippen molar-refractivity contribution in [3.05, 3.63) is 60.2 Å². The first-order valence-electron chi connectivity index (χ1n) is 6.05. The minimum Gasteiger partial charge on any atom is -0.410 e. The molecule has 0 heterocycles. The molecular formula is C16H12ClNO. The number of nitrogens with zero attached hydrogens (tertiary/aromatic N) is 1. The highest BCUT2D eigenvalue weighted by Gasteiger charge is 2.07. The maximum atomic E-state index is 8.74. The van der Waals surface area contributed by atoms with Gasteiger partial charge < -0.3 is 5.21 Å². The van der Waals surface area contributed by atoms with Crippen LogP contribution in [0.1, 0.15) is 5.56 Å². The van der Waals surface area contributed by atoms with Gasteiger partial charge in [-0.15, -0.1) is 0 Å². The van der Waals surface area contributed by atoms with Gasteiger partial charge in [-0.3, -0.25) is 0 Å². The first-order valence-corrected chi connectivity index (χ1v) is 6.43. The van der Waals surface area contributed by atoms with Crippen LogP contribution in [0.25, 0.3) is 21.5 Å². The molecule has 0 aromatic heterocycles. The first-order chi connectivity index (χ1) is 9.29. The van der Waals surface area contributed by atoms with Gasteiger partial charge in [0.25, 0.3) is 0 Å². The third-order valence-electron chi connectivity index (χ3n) is 3.30. The zero-order valence-corrected chi connectivity index (χ0v) is 10.9. The molecule has 0 atom stereocenters. The van der Waals surface area contributed by atoms with Gasteiger partial charge in [-0.25, -0.2) is 0 Å². The van der Waals surface area contributed by atoms with Gasteiger partial charge in [0.1, 0.15) is 5.17 Å². The molecule has 0 saturated carbocycles. The monoisotopic (exact) mass is 269 g/mol. The molecule has 0 aliphatic heterocycles. The molecule has 0 unspecified atom stereocenters. The molecule has 0 bridgehead atoms. The average Bonchev–Trinajstić information content (AvgIpc) is 2.47. The van der Waals surface area contributed by atoms with Gasteiger partial charge in [-0.05, 0) is 27.1 Å². The number of hydrogen-bond acceptors (Lipinski definition) is 2. The lowest BCUT2D eigenvalue weighted by atomic mass is 9.96. The minimum atomic E-state index is 0.195. The van der Waals surface area contributed by atoms with Crippen LogP contribution in [0.2, 0.25) is 0 Å². The van der Waals surface area contributed by atoms with Gasteiger partial charge in [-0.1, -0.05) is 71.4 Å². The lowest BCUT2D eigenvalue weighted by molar-refractivity contribution is 0.319. The summed E-state index contributed by atoms with van der Waals surface area (Å²) in [6.07, 6.45) is 0.434. The maximum Gasteiger partial charge on any atom is 0.149 e. The summed E-state index contributed by atoms with van der Waals surface area (Å²) in [6.45, 7) is 0. The Bertz CT molecular complexity index is 780. The zero-order chi connectivity index (χ0) is 13.2. The van der Waals surface area contributed by atoms with E-state index >= 15 is 0 Å². The molecule has 3 aromatic rings. The Morgan fingerprint density at radius 3 is 2.32 bits per heavy atom. The van der Waals surface area contributed by atoms with Crippen LogP contribution in [0.15, 0.2) is 59.8 Å². The summed E-state index contributed by atoms with van der Waals surface area (Å²) < 4.78 is 0. The van der Waals surface area contributed by atoms with E-state index in [9.17, 15) is 0 Å². The molecule has 94 valence electrons. The number of oxime groups is 1. The molecule has 0 saturated heterocycles. The van der Waals surface area contributed by atoms with Crippen molar-refractivity contribution in [2.24, 2.45) is 5.16 Å². The van der Waals surface area contributed by atoms with Gasteiger partial charge in [0.2, 0.25) is 0 Å². The van der Waals surface area contributed by atoms with Gasteiger partial charge in [0.05, 0.1) is 0 Å². The SMILES string of the molecule is O/N=C(\Cl)Cc1cc2ccccc2c2ccccc12. The highest BCUT2D eigenvalue weighted by molar-refractivity contribution is 6.65. The molecule has 0 aliphatic rings. The first kappa shape index (κ1) is 12.0. The van der Waals surface area contributed by atoms with Crippen LogP contribution in [-0.2, 0) is 6.42 Å². The fraction of sp³-hybridized carbons (Fsp3) is 0.0625. The molecule has 0 radical (unpaired) electrons. The summed E-state index contributed by atoms with van der Waals surface area (Å²) in [4.78, 5) is 0. The second-order valence-electron chi connectivity index (χ2n) is 4.46. The van der Waals surface area contributed by atoms with Crippen LogP contribution in [0.4, 0.5) is 0 Å². The second kappa shape index (κ2) is 4.90. The largest absolute Gasteiger partial charge is 0.410 e. The van der Waals surface area contributed by atoms with E-state index in [4.69, 9.17) is 16.8 Å². The Kier molecular flexibility index (Phi) is 3.10. The van der Waals surface area contributed by atoms with Gasteiger partial charge >= 0.3 is 0 Å². The summed E-state index contributed by atoms with van der Waals surface area (Å²) in [5.41, 5.74) is 1.07. The van der Waals surface area contributed by atoms with Crippen LogP contribution in [0.5, 0.6) is 0 Å². The van der Waals surface area contributed by atoms with Gasteiger partial charge in [0.15, 0.2) is 0 Å². The molecule has 1 N–H and O–H groups in total.